The first-order chi connectivity index (χ1) is 9.40. The molecule has 1 aliphatic carbocycles. The monoisotopic (exact) mass is 277 g/mol. The number of hydrogen-bond acceptors (Lipinski definition) is 3. The Bertz CT molecular complexity index is 445. The summed E-state index contributed by atoms with van der Waals surface area (Å²) in [5.74, 6) is -0.0584. The summed E-state index contributed by atoms with van der Waals surface area (Å²) in [6, 6.07) is 1.98. The summed E-state index contributed by atoms with van der Waals surface area (Å²) >= 11 is 0. The SMILES string of the molecule is CC(C)(C#N)CCCN1C(=O)NC2(CCCCC2)C1=O. The number of carbonyl (C=O) groups excluding carboxylic acids is 2. The van der Waals surface area contributed by atoms with E-state index in [1.165, 1.54) is 4.90 Å². The quantitative estimate of drug-likeness (QED) is 0.803. The van der Waals surface area contributed by atoms with Gasteiger partial charge in [-0.25, -0.2) is 4.79 Å². The third-order valence-corrected chi connectivity index (χ3v) is 4.44. The number of rotatable bonds is 4. The van der Waals surface area contributed by atoms with Gasteiger partial charge in [-0.05, 0) is 39.5 Å². The molecule has 1 saturated carbocycles. The first-order valence-corrected chi connectivity index (χ1v) is 7.46. The van der Waals surface area contributed by atoms with Crippen molar-refractivity contribution >= 4 is 11.9 Å². The van der Waals surface area contributed by atoms with E-state index in [2.05, 4.69) is 11.4 Å². The van der Waals surface area contributed by atoms with Crippen molar-refractivity contribution in [2.75, 3.05) is 6.54 Å². The van der Waals surface area contributed by atoms with Crippen molar-refractivity contribution in [2.24, 2.45) is 5.41 Å². The van der Waals surface area contributed by atoms with Crippen LogP contribution in [-0.4, -0.2) is 28.9 Å². The highest BCUT2D eigenvalue weighted by atomic mass is 16.2. The third kappa shape index (κ3) is 2.79. The maximum absolute atomic E-state index is 12.5. The van der Waals surface area contributed by atoms with Gasteiger partial charge in [0.15, 0.2) is 0 Å². The number of nitriles is 1. The molecular weight excluding hydrogens is 254 g/mol. The van der Waals surface area contributed by atoms with Crippen molar-refractivity contribution in [3.63, 3.8) is 0 Å². The van der Waals surface area contributed by atoms with E-state index in [1.807, 2.05) is 13.8 Å². The molecule has 1 spiro atoms. The van der Waals surface area contributed by atoms with Crippen LogP contribution < -0.4 is 5.32 Å². The molecule has 0 aromatic heterocycles. The van der Waals surface area contributed by atoms with Gasteiger partial charge < -0.3 is 5.32 Å². The van der Waals surface area contributed by atoms with Gasteiger partial charge >= 0.3 is 6.03 Å². The first kappa shape index (κ1) is 14.8. The number of nitrogens with zero attached hydrogens (tertiary/aromatic N) is 2. The normalized spacial score (nSPS) is 21.9. The van der Waals surface area contributed by atoms with Crippen molar-refractivity contribution in [3.05, 3.63) is 0 Å². The summed E-state index contributed by atoms with van der Waals surface area (Å²) in [6.45, 7) is 4.17. The topological polar surface area (TPSA) is 73.2 Å². The molecule has 0 bridgehead atoms. The van der Waals surface area contributed by atoms with Gasteiger partial charge in [-0.3, -0.25) is 9.69 Å². The minimum absolute atomic E-state index is 0.0584. The molecule has 1 saturated heterocycles. The molecule has 2 aliphatic rings. The number of imide groups is 1. The molecule has 20 heavy (non-hydrogen) atoms. The van der Waals surface area contributed by atoms with Gasteiger partial charge in [0.1, 0.15) is 5.54 Å². The first-order valence-electron chi connectivity index (χ1n) is 7.46. The van der Waals surface area contributed by atoms with Gasteiger partial charge in [-0.1, -0.05) is 19.3 Å². The smallest absolute Gasteiger partial charge is 0.323 e. The molecule has 0 aromatic carbocycles. The van der Waals surface area contributed by atoms with Crippen LogP contribution in [0.25, 0.3) is 0 Å². The van der Waals surface area contributed by atoms with Crippen molar-refractivity contribution in [3.8, 4) is 6.07 Å². The van der Waals surface area contributed by atoms with E-state index in [-0.39, 0.29) is 11.9 Å². The molecule has 0 aromatic rings. The molecular formula is C15H23N3O2. The van der Waals surface area contributed by atoms with Crippen molar-refractivity contribution in [2.45, 2.75) is 64.3 Å². The van der Waals surface area contributed by atoms with E-state index in [0.717, 1.165) is 32.1 Å². The van der Waals surface area contributed by atoms with Crippen LogP contribution >= 0.6 is 0 Å². The summed E-state index contributed by atoms with van der Waals surface area (Å²) in [6.07, 6.45) is 6.03. The molecule has 1 aliphatic heterocycles. The molecule has 5 heteroatoms. The molecule has 0 unspecified atom stereocenters. The molecule has 110 valence electrons. The maximum Gasteiger partial charge on any atom is 0.325 e. The zero-order chi connectivity index (χ0) is 14.8. The largest absolute Gasteiger partial charge is 0.325 e. The second-order valence-corrected chi connectivity index (χ2v) is 6.63. The number of hydrogen-bond donors (Lipinski definition) is 1. The number of amides is 3. The van der Waals surface area contributed by atoms with Gasteiger partial charge in [0.05, 0.1) is 11.5 Å². The van der Waals surface area contributed by atoms with Gasteiger partial charge in [-0.15, -0.1) is 0 Å². The Morgan fingerprint density at radius 1 is 1.30 bits per heavy atom. The van der Waals surface area contributed by atoms with Gasteiger partial charge in [0.2, 0.25) is 0 Å². The van der Waals surface area contributed by atoms with Crippen LogP contribution in [0.5, 0.6) is 0 Å². The summed E-state index contributed by atoms with van der Waals surface area (Å²) in [4.78, 5) is 25.9. The molecule has 2 fully saturated rings. The Balaban J connectivity index is 1.94. The second kappa shape index (κ2) is 5.43. The average Bonchev–Trinajstić information content (AvgIpc) is 2.64. The van der Waals surface area contributed by atoms with Crippen LogP contribution in [0, 0.1) is 16.7 Å². The highest BCUT2D eigenvalue weighted by Crippen LogP contribution is 2.34. The fraction of sp³-hybridized carbons (Fsp3) is 0.800. The fourth-order valence-corrected chi connectivity index (χ4v) is 3.11. The Morgan fingerprint density at radius 2 is 1.95 bits per heavy atom. The summed E-state index contributed by atoms with van der Waals surface area (Å²) < 4.78 is 0. The van der Waals surface area contributed by atoms with Crippen LogP contribution in [0.4, 0.5) is 4.79 Å². The highest BCUT2D eigenvalue weighted by Gasteiger charge is 2.50. The van der Waals surface area contributed by atoms with E-state index in [9.17, 15) is 9.59 Å². The predicted molar refractivity (Wildman–Crippen MR) is 74.7 cm³/mol. The van der Waals surface area contributed by atoms with E-state index in [1.54, 1.807) is 0 Å². The molecule has 5 nitrogen and oxygen atoms in total. The zero-order valence-electron chi connectivity index (χ0n) is 12.4. The van der Waals surface area contributed by atoms with Gasteiger partial charge in [0.25, 0.3) is 5.91 Å². The predicted octanol–water partition coefficient (Wildman–Crippen LogP) is 2.57. The lowest BCUT2D eigenvalue weighted by Gasteiger charge is -2.30. The van der Waals surface area contributed by atoms with Crippen molar-refractivity contribution < 1.29 is 9.59 Å². The summed E-state index contributed by atoms with van der Waals surface area (Å²) in [7, 11) is 0. The molecule has 1 heterocycles. The molecule has 2 rings (SSSR count). The maximum atomic E-state index is 12.5. The van der Waals surface area contributed by atoms with Crippen LogP contribution in [0.3, 0.4) is 0 Å². The van der Waals surface area contributed by atoms with E-state index in [4.69, 9.17) is 5.26 Å². The minimum atomic E-state index is -0.625. The lowest BCUT2D eigenvalue weighted by Crippen LogP contribution is -2.48. The number of carbonyl (C=O) groups is 2. The van der Waals surface area contributed by atoms with Crippen LogP contribution in [-0.2, 0) is 4.79 Å². The highest BCUT2D eigenvalue weighted by molar-refractivity contribution is 6.07. The van der Waals surface area contributed by atoms with Crippen LogP contribution in [0.15, 0.2) is 0 Å². The molecule has 3 amide bonds. The second-order valence-electron chi connectivity index (χ2n) is 6.63. The Morgan fingerprint density at radius 3 is 2.55 bits per heavy atom. The fourth-order valence-electron chi connectivity index (χ4n) is 3.11. The minimum Gasteiger partial charge on any atom is -0.323 e. The zero-order valence-corrected chi connectivity index (χ0v) is 12.4. The molecule has 1 N–H and O–H groups in total. The van der Waals surface area contributed by atoms with E-state index < -0.39 is 11.0 Å². The van der Waals surface area contributed by atoms with Crippen LogP contribution in [0.1, 0.15) is 58.8 Å². The summed E-state index contributed by atoms with van der Waals surface area (Å²) in [5, 5.41) is 11.9. The average molecular weight is 277 g/mol. The lowest BCUT2D eigenvalue weighted by molar-refractivity contribution is -0.132. The van der Waals surface area contributed by atoms with Crippen molar-refractivity contribution in [1.29, 1.82) is 5.26 Å². The molecule has 0 atom stereocenters. The summed E-state index contributed by atoms with van der Waals surface area (Å²) in [5.41, 5.74) is -1.03. The molecule has 0 radical (unpaired) electrons. The van der Waals surface area contributed by atoms with Crippen molar-refractivity contribution in [1.82, 2.24) is 10.2 Å². The number of nitrogens with one attached hydrogen (secondary N) is 1. The van der Waals surface area contributed by atoms with Crippen LogP contribution in [0.2, 0.25) is 0 Å². The van der Waals surface area contributed by atoms with Gasteiger partial charge in [0, 0.05) is 6.54 Å². The Kier molecular flexibility index (Phi) is 4.03. The number of urea groups is 1. The van der Waals surface area contributed by atoms with Gasteiger partial charge in [-0.2, -0.15) is 5.26 Å². The standard InChI is InChI=1S/C15H23N3O2/c1-14(2,11-16)7-6-10-18-12(19)15(17-13(18)20)8-4-3-5-9-15/h3-10H2,1-2H3,(H,17,20). The van der Waals surface area contributed by atoms with E-state index >= 15 is 0 Å². The Labute approximate surface area is 120 Å². The van der Waals surface area contributed by atoms with E-state index in [0.29, 0.717) is 19.4 Å². The Hall–Kier alpha value is -1.57. The lowest BCUT2D eigenvalue weighted by atomic mass is 9.81. The third-order valence-electron chi connectivity index (χ3n) is 4.44.